The van der Waals surface area contributed by atoms with E-state index in [-0.39, 0.29) is 20.7 Å². The summed E-state index contributed by atoms with van der Waals surface area (Å²) in [5.74, 6) is 0. The smallest absolute Gasteiger partial charge is 0.269 e. The Hall–Kier alpha value is -1.07. The van der Waals surface area contributed by atoms with Crippen LogP contribution < -0.4 is 10.6 Å². The third-order valence-corrected chi connectivity index (χ3v) is 13.3. The summed E-state index contributed by atoms with van der Waals surface area (Å²) in [7, 11) is -0.206. The zero-order valence-corrected chi connectivity index (χ0v) is 22.0. The average Bonchev–Trinajstić information content (AvgIpc) is 2.78. The van der Waals surface area contributed by atoms with Gasteiger partial charge >= 0.3 is 0 Å². The number of nitro benzene ring substituents is 1. The fourth-order valence-electron chi connectivity index (χ4n) is 3.66. The second kappa shape index (κ2) is 10.7. The molecule has 5 nitrogen and oxygen atoms in total. The number of thiocarbonyl (C=S) groups is 1. The van der Waals surface area contributed by atoms with Gasteiger partial charge in [0.05, 0.1) is 9.00 Å². The van der Waals surface area contributed by atoms with Gasteiger partial charge in [-0.3, -0.25) is 10.1 Å². The zero-order valence-electron chi connectivity index (χ0n) is 17.9. The van der Waals surface area contributed by atoms with Gasteiger partial charge < -0.3 is 10.6 Å². The van der Waals surface area contributed by atoms with E-state index in [9.17, 15) is 10.1 Å². The Bertz CT molecular complexity index is 951. The molecule has 31 heavy (non-hydrogen) atoms. The van der Waals surface area contributed by atoms with Crippen LogP contribution in [-0.2, 0) is 10.6 Å². The third kappa shape index (κ3) is 5.47. The van der Waals surface area contributed by atoms with Crippen molar-refractivity contribution in [3.05, 3.63) is 63.7 Å². The van der Waals surface area contributed by atoms with Gasteiger partial charge in [-0.2, -0.15) is 11.8 Å². The van der Waals surface area contributed by atoms with E-state index in [2.05, 4.69) is 53.9 Å². The quantitative estimate of drug-likeness (QED) is 0.136. The van der Waals surface area contributed by atoms with Gasteiger partial charge in [0, 0.05) is 28.9 Å². The van der Waals surface area contributed by atoms with Crippen molar-refractivity contribution in [3.8, 4) is 0 Å². The van der Waals surface area contributed by atoms with E-state index in [1.807, 2.05) is 35.3 Å². The first-order valence-electron chi connectivity index (χ1n) is 9.62. The minimum atomic E-state index is -0.397. The number of non-ortho nitro benzene ring substituents is 1. The lowest BCUT2D eigenvalue weighted by Crippen LogP contribution is -2.30. The van der Waals surface area contributed by atoms with Crippen LogP contribution >= 0.6 is 58.4 Å². The van der Waals surface area contributed by atoms with Crippen molar-refractivity contribution in [1.29, 1.82) is 0 Å². The van der Waals surface area contributed by atoms with Crippen LogP contribution in [0.15, 0.2) is 47.4 Å². The van der Waals surface area contributed by atoms with Crippen LogP contribution in [0.25, 0.3) is 0 Å². The predicted octanol–water partition coefficient (Wildman–Crippen LogP) is 6.04. The van der Waals surface area contributed by atoms with Crippen molar-refractivity contribution < 1.29 is 4.92 Å². The first kappa shape index (κ1) is 24.6. The van der Waals surface area contributed by atoms with Gasteiger partial charge in [-0.25, -0.2) is 10.9 Å². The van der Waals surface area contributed by atoms with Crippen LogP contribution in [0, 0.1) is 10.1 Å². The van der Waals surface area contributed by atoms with Crippen LogP contribution in [0.2, 0.25) is 0 Å². The molecule has 2 aromatic carbocycles. The van der Waals surface area contributed by atoms with Crippen LogP contribution in [0.1, 0.15) is 17.5 Å². The third-order valence-electron chi connectivity index (χ3n) is 5.45. The highest BCUT2D eigenvalue weighted by Crippen LogP contribution is 2.62. The Balaban J connectivity index is 1.72. The van der Waals surface area contributed by atoms with E-state index in [1.165, 1.54) is 22.6 Å². The van der Waals surface area contributed by atoms with Gasteiger partial charge in [-0.1, -0.05) is 12.1 Å². The Labute approximate surface area is 204 Å². The molecule has 0 fully saturated rings. The summed E-state index contributed by atoms with van der Waals surface area (Å²) in [6.07, 6.45) is 10.2. The number of thioether (sulfide) groups is 3. The number of nitrogens with zero attached hydrogens (tertiary/aromatic N) is 1. The van der Waals surface area contributed by atoms with Crippen molar-refractivity contribution in [2.24, 2.45) is 0 Å². The summed E-state index contributed by atoms with van der Waals surface area (Å²) in [4.78, 5) is 11.9. The number of rotatable bonds is 7. The molecular formula is C21H27N3O2S5. The molecule has 2 atom stereocenters. The zero-order chi connectivity index (χ0) is 22.6. The van der Waals surface area contributed by atoms with Gasteiger partial charge in [0.25, 0.3) is 5.69 Å². The van der Waals surface area contributed by atoms with Crippen molar-refractivity contribution in [1.82, 2.24) is 5.32 Å². The maximum Gasteiger partial charge on any atom is 0.269 e. The first-order chi connectivity index (χ1) is 14.8. The van der Waals surface area contributed by atoms with Crippen LogP contribution in [0.5, 0.6) is 0 Å². The Morgan fingerprint density at radius 2 is 1.90 bits per heavy atom. The number of fused-ring (bicyclic) bond motifs is 1. The minimum absolute atomic E-state index is 0.0589. The first-order valence-corrected chi connectivity index (χ1v) is 15.6. The van der Waals surface area contributed by atoms with E-state index < -0.39 is 4.92 Å². The summed E-state index contributed by atoms with van der Waals surface area (Å²) in [6, 6.07) is 13.1. The molecule has 0 saturated heterocycles. The SMILES string of the molecule is CSC1CC(SC)(SC)c2cc(NC(=S)NCc3ccc([N+](=O)[O-])cc3)ccc2[SH]1C. The molecule has 10 heteroatoms. The second-order valence-corrected chi connectivity index (χ2v) is 13.7. The Morgan fingerprint density at radius 3 is 2.48 bits per heavy atom. The number of benzene rings is 2. The van der Waals surface area contributed by atoms with Crippen LogP contribution in [0.3, 0.4) is 0 Å². The maximum absolute atomic E-state index is 10.8. The van der Waals surface area contributed by atoms with Crippen molar-refractivity contribution >= 4 is 74.9 Å². The number of hydrogen-bond acceptors (Lipinski definition) is 6. The maximum atomic E-state index is 10.8. The van der Waals surface area contributed by atoms with Gasteiger partial charge in [-0.15, -0.1) is 23.5 Å². The average molecular weight is 514 g/mol. The molecule has 3 rings (SSSR count). The number of nitrogens with one attached hydrogen (secondary N) is 2. The monoisotopic (exact) mass is 513 g/mol. The molecule has 2 N–H and O–H groups in total. The van der Waals surface area contributed by atoms with Gasteiger partial charge in [0.15, 0.2) is 5.11 Å². The summed E-state index contributed by atoms with van der Waals surface area (Å²) in [6.45, 7) is 0.504. The molecule has 1 aliphatic rings. The van der Waals surface area contributed by atoms with E-state index in [4.69, 9.17) is 12.2 Å². The van der Waals surface area contributed by atoms with E-state index in [0.717, 1.165) is 17.7 Å². The second-order valence-electron chi connectivity index (χ2n) is 7.13. The normalized spacial score (nSPS) is 20.5. The van der Waals surface area contributed by atoms with Gasteiger partial charge in [-0.05, 0) is 77.9 Å². The van der Waals surface area contributed by atoms with E-state index in [0.29, 0.717) is 16.2 Å². The van der Waals surface area contributed by atoms with Gasteiger partial charge in [0.2, 0.25) is 0 Å². The van der Waals surface area contributed by atoms with E-state index in [1.54, 1.807) is 12.1 Å². The van der Waals surface area contributed by atoms with E-state index >= 15 is 0 Å². The molecule has 0 aromatic heterocycles. The summed E-state index contributed by atoms with van der Waals surface area (Å²) >= 11 is 11.3. The molecular weight excluding hydrogens is 487 g/mol. The summed E-state index contributed by atoms with van der Waals surface area (Å²) in [5, 5.41) is 17.8. The largest absolute Gasteiger partial charge is 0.358 e. The highest BCUT2D eigenvalue weighted by Gasteiger charge is 2.41. The highest BCUT2D eigenvalue weighted by molar-refractivity contribution is 8.27. The van der Waals surface area contributed by atoms with Crippen LogP contribution in [-0.4, -0.2) is 39.6 Å². The Morgan fingerprint density at radius 1 is 1.23 bits per heavy atom. The predicted molar refractivity (Wildman–Crippen MR) is 146 cm³/mol. The number of nitro groups is 1. The molecule has 0 radical (unpaired) electrons. The molecule has 1 aliphatic heterocycles. The lowest BCUT2D eigenvalue weighted by Gasteiger charge is -2.45. The van der Waals surface area contributed by atoms with Gasteiger partial charge in [0.1, 0.15) is 0 Å². The molecule has 0 spiro atoms. The highest BCUT2D eigenvalue weighted by atomic mass is 32.2. The minimum Gasteiger partial charge on any atom is -0.358 e. The Kier molecular flexibility index (Phi) is 8.48. The molecule has 0 aliphatic carbocycles. The molecule has 0 bridgehead atoms. The number of anilines is 1. The molecule has 2 aromatic rings. The van der Waals surface area contributed by atoms with Crippen molar-refractivity contribution in [2.45, 2.75) is 26.5 Å². The molecule has 168 valence electrons. The summed E-state index contributed by atoms with van der Waals surface area (Å²) < 4.78 is 0.731. The molecule has 0 saturated carbocycles. The molecule has 2 unspecified atom stereocenters. The fourth-order valence-corrected chi connectivity index (χ4v) is 10.4. The molecule has 1 heterocycles. The topological polar surface area (TPSA) is 67.2 Å². The van der Waals surface area contributed by atoms with Crippen LogP contribution in [0.4, 0.5) is 11.4 Å². The lowest BCUT2D eigenvalue weighted by molar-refractivity contribution is -0.384. The fraction of sp³-hybridized carbons (Fsp3) is 0.381. The number of thiol groups is 1. The summed E-state index contributed by atoms with van der Waals surface area (Å²) in [5.41, 5.74) is 3.42. The standard InChI is InChI=1S/C21H27N3O2S5/c1-28-19-12-21(29-2,30-3)17-11-15(7-10-18(17)31(19)4)23-20(27)22-13-14-5-8-16(9-6-14)24(25)26/h5-11,19,31H,12-13H2,1-4H3,(H2,22,23,27). The van der Waals surface area contributed by atoms with Crippen molar-refractivity contribution in [3.63, 3.8) is 0 Å². The van der Waals surface area contributed by atoms with Crippen molar-refractivity contribution in [2.75, 3.05) is 30.3 Å². The number of hydrogen-bond donors (Lipinski definition) is 3. The molecule has 0 amide bonds. The lowest BCUT2D eigenvalue weighted by atomic mass is 10.1.